The summed E-state index contributed by atoms with van der Waals surface area (Å²) in [5.41, 5.74) is 0.961. The van der Waals surface area contributed by atoms with Gasteiger partial charge in [0.25, 0.3) is 0 Å². The minimum absolute atomic E-state index is 0.110. The predicted molar refractivity (Wildman–Crippen MR) is 89.1 cm³/mol. The monoisotopic (exact) mass is 327 g/mol. The largest absolute Gasteiger partial charge is 0.369 e. The van der Waals surface area contributed by atoms with Gasteiger partial charge in [0.15, 0.2) is 11.6 Å². The molecule has 1 saturated heterocycles. The highest BCUT2D eigenvalue weighted by molar-refractivity contribution is 7.10. The lowest BCUT2D eigenvalue weighted by Crippen LogP contribution is -2.38. The fraction of sp³-hybridized carbons (Fsp3) is 0.312. The number of aryl methyl sites for hydroxylation is 1. The minimum atomic E-state index is 0.110. The molecular formula is C16H17N5OS. The van der Waals surface area contributed by atoms with Crippen LogP contribution in [0.5, 0.6) is 0 Å². The van der Waals surface area contributed by atoms with E-state index in [1.807, 2.05) is 31.3 Å². The van der Waals surface area contributed by atoms with Crippen LogP contribution >= 0.6 is 11.3 Å². The van der Waals surface area contributed by atoms with Crippen LogP contribution in [-0.4, -0.2) is 39.7 Å². The number of hydrogen-bond donors (Lipinski definition) is 0. The van der Waals surface area contributed by atoms with Gasteiger partial charge in [-0.3, -0.25) is 0 Å². The summed E-state index contributed by atoms with van der Waals surface area (Å²) in [6, 6.07) is 10.1. The molecule has 1 aliphatic heterocycles. The Labute approximate surface area is 138 Å². The van der Waals surface area contributed by atoms with Gasteiger partial charge >= 0.3 is 0 Å². The number of ether oxygens (including phenoxy) is 1. The summed E-state index contributed by atoms with van der Waals surface area (Å²) in [6.07, 6.45) is 2.00. The third kappa shape index (κ3) is 2.97. The van der Waals surface area contributed by atoms with Gasteiger partial charge in [0.05, 0.1) is 18.8 Å². The molecule has 1 unspecified atom stereocenters. The number of anilines is 1. The zero-order valence-electron chi connectivity index (χ0n) is 12.8. The van der Waals surface area contributed by atoms with Crippen LogP contribution in [0.25, 0.3) is 5.82 Å². The van der Waals surface area contributed by atoms with Gasteiger partial charge in [-0.1, -0.05) is 6.07 Å². The molecule has 4 rings (SSSR count). The molecule has 118 valence electrons. The normalized spacial score (nSPS) is 18.3. The van der Waals surface area contributed by atoms with Crippen molar-refractivity contribution in [2.45, 2.75) is 13.0 Å². The van der Waals surface area contributed by atoms with Crippen molar-refractivity contribution in [2.24, 2.45) is 0 Å². The maximum absolute atomic E-state index is 5.88. The first-order valence-corrected chi connectivity index (χ1v) is 8.44. The molecule has 1 aliphatic rings. The highest BCUT2D eigenvalue weighted by Gasteiger charge is 2.23. The van der Waals surface area contributed by atoms with Crippen LogP contribution in [-0.2, 0) is 4.74 Å². The van der Waals surface area contributed by atoms with Gasteiger partial charge in [-0.25, -0.2) is 4.68 Å². The Hall–Kier alpha value is -2.25. The summed E-state index contributed by atoms with van der Waals surface area (Å²) in [4.78, 5) is 3.48. The van der Waals surface area contributed by atoms with Crippen LogP contribution in [0.15, 0.2) is 41.9 Å². The van der Waals surface area contributed by atoms with Gasteiger partial charge in [-0.2, -0.15) is 5.10 Å². The van der Waals surface area contributed by atoms with E-state index in [2.05, 4.69) is 37.7 Å². The molecule has 23 heavy (non-hydrogen) atoms. The summed E-state index contributed by atoms with van der Waals surface area (Å²) < 4.78 is 7.61. The van der Waals surface area contributed by atoms with Gasteiger partial charge in [0, 0.05) is 17.6 Å². The number of rotatable bonds is 3. The standard InChI is InChI=1S/C16H17N5OS/c1-12-6-7-21(19-12)16-5-4-15(17-18-16)20-8-9-22-13(11-20)14-3-2-10-23-14/h2-7,10,13H,8-9,11H2,1H3. The quantitative estimate of drug-likeness (QED) is 0.740. The van der Waals surface area contributed by atoms with Crippen molar-refractivity contribution < 1.29 is 4.74 Å². The zero-order valence-corrected chi connectivity index (χ0v) is 13.6. The summed E-state index contributed by atoms with van der Waals surface area (Å²) in [5.74, 6) is 1.60. The van der Waals surface area contributed by atoms with E-state index in [4.69, 9.17) is 4.74 Å². The van der Waals surface area contributed by atoms with Gasteiger partial charge in [0.1, 0.15) is 6.10 Å². The topological polar surface area (TPSA) is 56.1 Å². The first-order valence-electron chi connectivity index (χ1n) is 7.56. The molecule has 0 bridgehead atoms. The van der Waals surface area contributed by atoms with Gasteiger partial charge < -0.3 is 9.64 Å². The number of aromatic nitrogens is 4. The predicted octanol–water partition coefficient (Wildman–Crippen LogP) is 2.61. The molecule has 4 heterocycles. The molecule has 7 heteroatoms. The number of morpholine rings is 1. The third-order valence-electron chi connectivity index (χ3n) is 3.84. The number of hydrogen-bond acceptors (Lipinski definition) is 6. The van der Waals surface area contributed by atoms with Crippen molar-refractivity contribution in [2.75, 3.05) is 24.6 Å². The SMILES string of the molecule is Cc1ccn(-c2ccc(N3CCOC(c4cccs4)C3)nn2)n1. The molecule has 1 fully saturated rings. The molecule has 0 aliphatic carbocycles. The van der Waals surface area contributed by atoms with E-state index in [1.54, 1.807) is 16.0 Å². The van der Waals surface area contributed by atoms with E-state index in [0.717, 1.165) is 30.4 Å². The molecule has 1 atom stereocenters. The Kier molecular flexibility index (Phi) is 3.80. The van der Waals surface area contributed by atoms with E-state index in [9.17, 15) is 0 Å². The Balaban J connectivity index is 1.51. The maximum atomic E-state index is 5.88. The second-order valence-electron chi connectivity index (χ2n) is 5.47. The van der Waals surface area contributed by atoms with Crippen molar-refractivity contribution in [1.29, 1.82) is 0 Å². The van der Waals surface area contributed by atoms with E-state index < -0.39 is 0 Å². The van der Waals surface area contributed by atoms with E-state index in [1.165, 1.54) is 4.88 Å². The van der Waals surface area contributed by atoms with Crippen molar-refractivity contribution >= 4 is 17.2 Å². The fourth-order valence-corrected chi connectivity index (χ4v) is 3.42. The van der Waals surface area contributed by atoms with Crippen LogP contribution in [0.1, 0.15) is 16.7 Å². The Morgan fingerprint density at radius 1 is 1.17 bits per heavy atom. The second kappa shape index (κ2) is 6.10. The molecule has 3 aromatic heterocycles. The van der Waals surface area contributed by atoms with Crippen LogP contribution in [0.2, 0.25) is 0 Å². The fourth-order valence-electron chi connectivity index (χ4n) is 2.66. The van der Waals surface area contributed by atoms with Crippen molar-refractivity contribution in [1.82, 2.24) is 20.0 Å². The molecule has 0 radical (unpaired) electrons. The van der Waals surface area contributed by atoms with Gasteiger partial charge in [-0.15, -0.1) is 21.5 Å². The molecule has 0 saturated carbocycles. The average Bonchev–Trinajstić information content (AvgIpc) is 3.27. The molecule has 3 aromatic rings. The second-order valence-corrected chi connectivity index (χ2v) is 6.45. The van der Waals surface area contributed by atoms with Gasteiger partial charge in [-0.05, 0) is 36.6 Å². The molecule has 0 amide bonds. The van der Waals surface area contributed by atoms with Gasteiger partial charge in [0.2, 0.25) is 0 Å². The lowest BCUT2D eigenvalue weighted by molar-refractivity contribution is 0.0418. The Morgan fingerprint density at radius 2 is 2.04 bits per heavy atom. The summed E-state index contributed by atoms with van der Waals surface area (Å²) in [6.45, 7) is 4.29. The van der Waals surface area contributed by atoms with Crippen LogP contribution in [0, 0.1) is 6.92 Å². The van der Waals surface area contributed by atoms with Crippen molar-refractivity contribution in [3.05, 3.63) is 52.5 Å². The van der Waals surface area contributed by atoms with E-state index in [-0.39, 0.29) is 6.10 Å². The maximum Gasteiger partial charge on any atom is 0.175 e. The summed E-state index contributed by atoms with van der Waals surface area (Å²) in [7, 11) is 0. The molecular weight excluding hydrogens is 310 g/mol. The zero-order chi connectivity index (χ0) is 15.6. The van der Waals surface area contributed by atoms with Crippen LogP contribution in [0.4, 0.5) is 5.82 Å². The highest BCUT2D eigenvalue weighted by Crippen LogP contribution is 2.27. The molecule has 0 aromatic carbocycles. The minimum Gasteiger partial charge on any atom is -0.369 e. The highest BCUT2D eigenvalue weighted by atomic mass is 32.1. The first-order chi connectivity index (χ1) is 11.3. The van der Waals surface area contributed by atoms with Crippen LogP contribution < -0.4 is 4.90 Å². The van der Waals surface area contributed by atoms with Crippen LogP contribution in [0.3, 0.4) is 0 Å². The van der Waals surface area contributed by atoms with E-state index in [0.29, 0.717) is 6.61 Å². The van der Waals surface area contributed by atoms with E-state index >= 15 is 0 Å². The lowest BCUT2D eigenvalue weighted by Gasteiger charge is -2.33. The Morgan fingerprint density at radius 3 is 2.74 bits per heavy atom. The molecule has 6 nitrogen and oxygen atoms in total. The summed E-state index contributed by atoms with van der Waals surface area (Å²) >= 11 is 1.73. The molecule has 0 N–H and O–H groups in total. The third-order valence-corrected chi connectivity index (χ3v) is 4.81. The molecule has 0 spiro atoms. The number of nitrogens with zero attached hydrogens (tertiary/aromatic N) is 5. The summed E-state index contributed by atoms with van der Waals surface area (Å²) in [5, 5.41) is 15.1. The number of thiophene rings is 1. The Bertz CT molecular complexity index is 768. The smallest absolute Gasteiger partial charge is 0.175 e. The average molecular weight is 327 g/mol. The lowest BCUT2D eigenvalue weighted by atomic mass is 10.2. The first kappa shape index (κ1) is 14.3. The van der Waals surface area contributed by atoms with Crippen molar-refractivity contribution in [3.63, 3.8) is 0 Å². The van der Waals surface area contributed by atoms with Crippen molar-refractivity contribution in [3.8, 4) is 5.82 Å².